The normalized spacial score (nSPS) is 15.6. The Hall–Kier alpha value is -1.22. The first-order chi connectivity index (χ1) is 6.72. The lowest BCUT2D eigenvalue weighted by atomic mass is 10.0. The lowest BCUT2D eigenvalue weighted by Crippen LogP contribution is -1.97. The zero-order valence-electron chi connectivity index (χ0n) is 8.41. The molecule has 1 N–H and O–H groups in total. The summed E-state index contributed by atoms with van der Waals surface area (Å²) in [4.78, 5) is 0. The summed E-state index contributed by atoms with van der Waals surface area (Å²) in [5.41, 5.74) is 2.04. The quantitative estimate of drug-likeness (QED) is 0.782. The van der Waals surface area contributed by atoms with Crippen molar-refractivity contribution in [3.05, 3.63) is 23.3 Å². The highest BCUT2D eigenvalue weighted by molar-refractivity contribution is 5.49. The second-order valence-corrected chi connectivity index (χ2v) is 3.43. The Balaban J connectivity index is 2.49. The summed E-state index contributed by atoms with van der Waals surface area (Å²) in [6.07, 6.45) is 0.427. The van der Waals surface area contributed by atoms with Gasteiger partial charge in [0.25, 0.3) is 0 Å². The summed E-state index contributed by atoms with van der Waals surface area (Å²) in [5, 5.41) is 9.57. The number of hydrogen-bond donors (Lipinski definition) is 1. The smallest absolute Gasteiger partial charge is 0.231 e. The number of rotatable bonds is 2. The average molecular weight is 194 g/mol. The van der Waals surface area contributed by atoms with Gasteiger partial charge in [0, 0.05) is 0 Å². The molecular weight excluding hydrogens is 180 g/mol. The standard InChI is InChI=1S/C11H14O3/c1-3-8-4-10-11(14-6-13-10)5-9(8)7(2)12/h4-5,7,12H,3,6H2,1-2H3. The SMILES string of the molecule is CCc1cc2c(cc1C(C)O)OCO2. The average Bonchev–Trinajstić information content (AvgIpc) is 2.62. The van der Waals surface area contributed by atoms with Crippen LogP contribution in [0.15, 0.2) is 12.1 Å². The summed E-state index contributed by atoms with van der Waals surface area (Å²) in [6.45, 7) is 4.10. The topological polar surface area (TPSA) is 38.7 Å². The van der Waals surface area contributed by atoms with Gasteiger partial charge in [-0.3, -0.25) is 0 Å². The molecule has 1 atom stereocenters. The monoisotopic (exact) mass is 194 g/mol. The van der Waals surface area contributed by atoms with Crippen molar-refractivity contribution >= 4 is 0 Å². The number of hydrogen-bond acceptors (Lipinski definition) is 3. The molecule has 1 heterocycles. The molecule has 1 aromatic rings. The number of aliphatic hydroxyl groups excluding tert-OH is 1. The van der Waals surface area contributed by atoms with Crippen LogP contribution in [-0.2, 0) is 6.42 Å². The summed E-state index contributed by atoms with van der Waals surface area (Å²) in [5.74, 6) is 1.52. The van der Waals surface area contributed by atoms with Crippen molar-refractivity contribution < 1.29 is 14.6 Å². The van der Waals surface area contributed by atoms with Crippen molar-refractivity contribution in [1.82, 2.24) is 0 Å². The molecule has 0 aliphatic carbocycles. The van der Waals surface area contributed by atoms with Gasteiger partial charge in [-0.05, 0) is 36.6 Å². The summed E-state index contributed by atoms with van der Waals surface area (Å²) in [7, 11) is 0. The first kappa shape index (κ1) is 9.34. The van der Waals surface area contributed by atoms with Gasteiger partial charge in [0.1, 0.15) is 0 Å². The maximum Gasteiger partial charge on any atom is 0.231 e. The molecule has 0 saturated heterocycles. The van der Waals surface area contributed by atoms with E-state index in [2.05, 4.69) is 6.92 Å². The van der Waals surface area contributed by atoms with Crippen molar-refractivity contribution in [2.45, 2.75) is 26.4 Å². The van der Waals surface area contributed by atoms with E-state index >= 15 is 0 Å². The summed E-state index contributed by atoms with van der Waals surface area (Å²) >= 11 is 0. The largest absolute Gasteiger partial charge is 0.454 e. The second kappa shape index (κ2) is 3.50. The van der Waals surface area contributed by atoms with Crippen LogP contribution in [0.4, 0.5) is 0 Å². The molecule has 3 nitrogen and oxygen atoms in total. The van der Waals surface area contributed by atoms with Crippen LogP contribution in [-0.4, -0.2) is 11.9 Å². The van der Waals surface area contributed by atoms with Crippen LogP contribution in [0.3, 0.4) is 0 Å². The first-order valence-corrected chi connectivity index (χ1v) is 4.83. The fourth-order valence-corrected chi connectivity index (χ4v) is 1.69. The lowest BCUT2D eigenvalue weighted by Gasteiger charge is -2.11. The molecule has 14 heavy (non-hydrogen) atoms. The third-order valence-electron chi connectivity index (χ3n) is 2.47. The molecule has 1 unspecified atom stereocenters. The second-order valence-electron chi connectivity index (χ2n) is 3.43. The Morgan fingerprint density at radius 1 is 1.36 bits per heavy atom. The molecule has 3 heteroatoms. The van der Waals surface area contributed by atoms with Crippen LogP contribution in [0.2, 0.25) is 0 Å². The van der Waals surface area contributed by atoms with E-state index in [1.54, 1.807) is 6.92 Å². The van der Waals surface area contributed by atoms with Crippen molar-refractivity contribution in [3.8, 4) is 11.5 Å². The van der Waals surface area contributed by atoms with Gasteiger partial charge >= 0.3 is 0 Å². The minimum Gasteiger partial charge on any atom is -0.454 e. The summed E-state index contributed by atoms with van der Waals surface area (Å²) in [6, 6.07) is 3.82. The van der Waals surface area contributed by atoms with Crippen molar-refractivity contribution in [1.29, 1.82) is 0 Å². The molecule has 2 rings (SSSR count). The Morgan fingerprint density at radius 3 is 2.57 bits per heavy atom. The van der Waals surface area contributed by atoms with Crippen molar-refractivity contribution in [2.24, 2.45) is 0 Å². The van der Waals surface area contributed by atoms with Gasteiger partial charge in [-0.25, -0.2) is 0 Å². The van der Waals surface area contributed by atoms with E-state index in [4.69, 9.17) is 9.47 Å². The predicted octanol–water partition coefficient (Wildman–Crippen LogP) is 2.03. The van der Waals surface area contributed by atoms with Crippen LogP contribution in [0, 0.1) is 0 Å². The predicted molar refractivity (Wildman–Crippen MR) is 52.6 cm³/mol. The molecule has 0 radical (unpaired) electrons. The molecule has 76 valence electrons. The Kier molecular flexibility index (Phi) is 2.33. The lowest BCUT2D eigenvalue weighted by molar-refractivity contribution is 0.173. The number of aliphatic hydroxyl groups is 1. The molecule has 1 aliphatic rings. The maximum absolute atomic E-state index is 9.57. The van der Waals surface area contributed by atoms with Gasteiger partial charge in [-0.1, -0.05) is 6.92 Å². The molecule has 1 aromatic carbocycles. The van der Waals surface area contributed by atoms with E-state index in [9.17, 15) is 5.11 Å². The van der Waals surface area contributed by atoms with E-state index in [1.807, 2.05) is 12.1 Å². The number of fused-ring (bicyclic) bond motifs is 1. The molecule has 0 amide bonds. The van der Waals surface area contributed by atoms with E-state index < -0.39 is 6.10 Å². The van der Waals surface area contributed by atoms with Crippen LogP contribution in [0.25, 0.3) is 0 Å². The van der Waals surface area contributed by atoms with E-state index in [-0.39, 0.29) is 6.79 Å². The van der Waals surface area contributed by atoms with Crippen molar-refractivity contribution in [2.75, 3.05) is 6.79 Å². The fourth-order valence-electron chi connectivity index (χ4n) is 1.69. The van der Waals surface area contributed by atoms with Gasteiger partial charge < -0.3 is 14.6 Å². The highest BCUT2D eigenvalue weighted by atomic mass is 16.7. The third-order valence-corrected chi connectivity index (χ3v) is 2.47. The van der Waals surface area contributed by atoms with Crippen LogP contribution in [0.1, 0.15) is 31.1 Å². The van der Waals surface area contributed by atoms with Gasteiger partial charge in [0.05, 0.1) is 6.10 Å². The third kappa shape index (κ3) is 1.44. The number of aryl methyl sites for hydroxylation is 1. The zero-order valence-corrected chi connectivity index (χ0v) is 8.41. The van der Waals surface area contributed by atoms with Gasteiger partial charge in [0.2, 0.25) is 6.79 Å². The number of ether oxygens (including phenoxy) is 2. The van der Waals surface area contributed by atoms with Gasteiger partial charge in [-0.2, -0.15) is 0 Å². The zero-order chi connectivity index (χ0) is 10.1. The van der Waals surface area contributed by atoms with Crippen molar-refractivity contribution in [3.63, 3.8) is 0 Å². The van der Waals surface area contributed by atoms with Crippen LogP contribution < -0.4 is 9.47 Å². The van der Waals surface area contributed by atoms with E-state index in [0.717, 1.165) is 29.0 Å². The Labute approximate surface area is 83.3 Å². The van der Waals surface area contributed by atoms with Gasteiger partial charge in [0.15, 0.2) is 11.5 Å². The molecule has 0 bridgehead atoms. The van der Waals surface area contributed by atoms with E-state index in [1.165, 1.54) is 0 Å². The molecular formula is C11H14O3. The Morgan fingerprint density at radius 2 is 2.00 bits per heavy atom. The highest BCUT2D eigenvalue weighted by Gasteiger charge is 2.18. The van der Waals surface area contributed by atoms with Crippen LogP contribution >= 0.6 is 0 Å². The molecule has 0 aromatic heterocycles. The van der Waals surface area contributed by atoms with Crippen LogP contribution in [0.5, 0.6) is 11.5 Å². The first-order valence-electron chi connectivity index (χ1n) is 4.83. The fraction of sp³-hybridized carbons (Fsp3) is 0.455. The van der Waals surface area contributed by atoms with E-state index in [0.29, 0.717) is 0 Å². The summed E-state index contributed by atoms with van der Waals surface area (Å²) < 4.78 is 10.5. The molecule has 0 saturated carbocycles. The molecule has 0 fully saturated rings. The molecule has 1 aliphatic heterocycles. The minimum absolute atomic E-state index is 0.280. The maximum atomic E-state index is 9.57. The highest BCUT2D eigenvalue weighted by Crippen LogP contribution is 2.36. The molecule has 0 spiro atoms. The van der Waals surface area contributed by atoms with Gasteiger partial charge in [-0.15, -0.1) is 0 Å². The Bertz CT molecular complexity index is 345. The number of benzene rings is 1. The minimum atomic E-state index is -0.459.